The minimum absolute atomic E-state index is 0.0451. The van der Waals surface area contributed by atoms with Crippen molar-refractivity contribution in [3.63, 3.8) is 0 Å². The summed E-state index contributed by atoms with van der Waals surface area (Å²) < 4.78 is 15.6. The molecule has 1 aliphatic heterocycles. The molecule has 1 aliphatic rings. The van der Waals surface area contributed by atoms with Gasteiger partial charge in [-0.05, 0) is 47.0 Å². The predicted molar refractivity (Wildman–Crippen MR) is 84.2 cm³/mol. The van der Waals surface area contributed by atoms with Crippen LogP contribution in [0.2, 0.25) is 0 Å². The van der Waals surface area contributed by atoms with Crippen molar-refractivity contribution in [3.05, 3.63) is 11.7 Å². The molecule has 1 atom stereocenters. The standard InChI is InChI=1S/C16H25N3O5/c1-5-22-13(20)10-12-17-14(24-18-12)11-8-6-7-9-19(11)15(21)23-16(2,3)4/h11H,5-10H2,1-4H3/t11-/m0/s1. The first-order valence-electron chi connectivity index (χ1n) is 8.28. The third-order valence-corrected chi connectivity index (χ3v) is 3.51. The Morgan fingerprint density at radius 2 is 2.08 bits per heavy atom. The van der Waals surface area contributed by atoms with Gasteiger partial charge in [0.25, 0.3) is 0 Å². The minimum atomic E-state index is -0.566. The van der Waals surface area contributed by atoms with Gasteiger partial charge in [-0.15, -0.1) is 0 Å². The summed E-state index contributed by atoms with van der Waals surface area (Å²) in [5.74, 6) is 0.190. The fourth-order valence-corrected chi connectivity index (χ4v) is 2.54. The molecule has 0 saturated carbocycles. The number of amides is 1. The fraction of sp³-hybridized carbons (Fsp3) is 0.750. The van der Waals surface area contributed by atoms with Gasteiger partial charge >= 0.3 is 12.1 Å². The zero-order chi connectivity index (χ0) is 17.7. The lowest BCUT2D eigenvalue weighted by Gasteiger charge is -2.34. The molecule has 8 heteroatoms. The van der Waals surface area contributed by atoms with E-state index >= 15 is 0 Å². The number of ether oxygens (including phenoxy) is 2. The van der Waals surface area contributed by atoms with Crippen LogP contribution in [0.15, 0.2) is 4.52 Å². The largest absolute Gasteiger partial charge is 0.466 e. The van der Waals surface area contributed by atoms with E-state index in [2.05, 4.69) is 10.1 Å². The highest BCUT2D eigenvalue weighted by Gasteiger charge is 2.34. The van der Waals surface area contributed by atoms with Crippen LogP contribution in [0.1, 0.15) is 64.7 Å². The number of nitrogens with zero attached hydrogens (tertiary/aromatic N) is 3. The smallest absolute Gasteiger partial charge is 0.410 e. The van der Waals surface area contributed by atoms with Crippen LogP contribution in [0.4, 0.5) is 4.79 Å². The number of hydrogen-bond acceptors (Lipinski definition) is 7. The van der Waals surface area contributed by atoms with Gasteiger partial charge in [0.05, 0.1) is 6.61 Å². The SMILES string of the molecule is CCOC(=O)Cc1noc([C@@H]2CCCCN2C(=O)OC(C)(C)C)n1. The topological polar surface area (TPSA) is 94.8 Å². The van der Waals surface area contributed by atoms with E-state index in [0.29, 0.717) is 19.0 Å². The Morgan fingerprint density at radius 3 is 2.75 bits per heavy atom. The van der Waals surface area contributed by atoms with Gasteiger partial charge in [-0.2, -0.15) is 4.98 Å². The molecule has 1 saturated heterocycles. The second-order valence-corrected chi connectivity index (χ2v) is 6.72. The van der Waals surface area contributed by atoms with Crippen molar-refractivity contribution in [3.8, 4) is 0 Å². The Morgan fingerprint density at radius 1 is 1.33 bits per heavy atom. The molecule has 1 aromatic heterocycles. The van der Waals surface area contributed by atoms with E-state index < -0.39 is 17.7 Å². The van der Waals surface area contributed by atoms with Crippen LogP contribution in [0.25, 0.3) is 0 Å². The summed E-state index contributed by atoms with van der Waals surface area (Å²) in [5.41, 5.74) is -0.566. The van der Waals surface area contributed by atoms with Crippen LogP contribution in [-0.4, -0.2) is 45.9 Å². The molecule has 0 aliphatic carbocycles. The van der Waals surface area contributed by atoms with E-state index in [4.69, 9.17) is 14.0 Å². The molecule has 1 aromatic rings. The van der Waals surface area contributed by atoms with Crippen molar-refractivity contribution in [2.24, 2.45) is 0 Å². The van der Waals surface area contributed by atoms with E-state index in [1.54, 1.807) is 11.8 Å². The number of aromatic nitrogens is 2. The Balaban J connectivity index is 2.09. The van der Waals surface area contributed by atoms with Crippen molar-refractivity contribution >= 4 is 12.1 Å². The second-order valence-electron chi connectivity index (χ2n) is 6.72. The van der Waals surface area contributed by atoms with E-state index in [-0.39, 0.29) is 18.3 Å². The summed E-state index contributed by atoms with van der Waals surface area (Å²) >= 11 is 0. The zero-order valence-electron chi connectivity index (χ0n) is 14.7. The minimum Gasteiger partial charge on any atom is -0.466 e. The van der Waals surface area contributed by atoms with Gasteiger partial charge in [0, 0.05) is 6.54 Å². The van der Waals surface area contributed by atoms with Crippen LogP contribution in [0, 0.1) is 0 Å². The normalized spacial score (nSPS) is 18.3. The second kappa shape index (κ2) is 7.63. The molecule has 0 spiro atoms. The van der Waals surface area contributed by atoms with Gasteiger partial charge in [-0.3, -0.25) is 9.69 Å². The Labute approximate surface area is 141 Å². The lowest BCUT2D eigenvalue weighted by molar-refractivity contribution is -0.142. The highest BCUT2D eigenvalue weighted by Crippen LogP contribution is 2.31. The van der Waals surface area contributed by atoms with Crippen LogP contribution < -0.4 is 0 Å². The molecule has 24 heavy (non-hydrogen) atoms. The maximum Gasteiger partial charge on any atom is 0.410 e. The molecule has 0 bridgehead atoms. The highest BCUT2D eigenvalue weighted by molar-refractivity contribution is 5.71. The van der Waals surface area contributed by atoms with E-state index in [1.807, 2.05) is 20.8 Å². The van der Waals surface area contributed by atoms with Gasteiger partial charge in [-0.25, -0.2) is 4.79 Å². The summed E-state index contributed by atoms with van der Waals surface area (Å²) in [6.45, 7) is 8.10. The van der Waals surface area contributed by atoms with Crippen LogP contribution >= 0.6 is 0 Å². The highest BCUT2D eigenvalue weighted by atomic mass is 16.6. The monoisotopic (exact) mass is 339 g/mol. The van der Waals surface area contributed by atoms with Crippen molar-refractivity contribution in [2.45, 2.75) is 65.0 Å². The summed E-state index contributed by atoms with van der Waals surface area (Å²) in [7, 11) is 0. The molecule has 0 aromatic carbocycles. The van der Waals surface area contributed by atoms with E-state index in [9.17, 15) is 9.59 Å². The van der Waals surface area contributed by atoms with Gasteiger partial charge in [0.1, 0.15) is 18.1 Å². The number of piperidine rings is 1. The first-order chi connectivity index (χ1) is 11.3. The molecule has 8 nitrogen and oxygen atoms in total. The summed E-state index contributed by atoms with van der Waals surface area (Å²) in [4.78, 5) is 29.8. The molecular formula is C16H25N3O5. The zero-order valence-corrected chi connectivity index (χ0v) is 14.7. The van der Waals surface area contributed by atoms with Crippen LogP contribution in [0.5, 0.6) is 0 Å². The van der Waals surface area contributed by atoms with Crippen molar-refractivity contribution in [2.75, 3.05) is 13.2 Å². The molecular weight excluding hydrogens is 314 g/mol. The number of hydrogen-bond donors (Lipinski definition) is 0. The Kier molecular flexibility index (Phi) is 5.80. The Bertz CT molecular complexity index is 579. The summed E-state index contributed by atoms with van der Waals surface area (Å²) in [6, 6.07) is -0.322. The molecule has 0 radical (unpaired) electrons. The quantitative estimate of drug-likeness (QED) is 0.778. The molecule has 2 heterocycles. The first kappa shape index (κ1) is 18.2. The maximum absolute atomic E-state index is 12.4. The number of carbonyl (C=O) groups is 2. The number of rotatable bonds is 4. The molecule has 2 rings (SSSR count). The van der Waals surface area contributed by atoms with Crippen LogP contribution in [0.3, 0.4) is 0 Å². The average molecular weight is 339 g/mol. The van der Waals surface area contributed by atoms with Crippen molar-refractivity contribution in [1.82, 2.24) is 15.0 Å². The van der Waals surface area contributed by atoms with Crippen molar-refractivity contribution in [1.29, 1.82) is 0 Å². The van der Waals surface area contributed by atoms with Gasteiger partial charge in [-0.1, -0.05) is 5.16 Å². The lowest BCUT2D eigenvalue weighted by Crippen LogP contribution is -2.42. The van der Waals surface area contributed by atoms with Gasteiger partial charge < -0.3 is 14.0 Å². The average Bonchev–Trinajstić information content (AvgIpc) is 2.94. The molecule has 1 amide bonds. The summed E-state index contributed by atoms with van der Waals surface area (Å²) in [6.07, 6.45) is 2.15. The third kappa shape index (κ3) is 4.94. The molecule has 134 valence electrons. The van der Waals surface area contributed by atoms with Crippen LogP contribution in [-0.2, 0) is 20.7 Å². The van der Waals surface area contributed by atoms with Gasteiger partial charge in [0.2, 0.25) is 5.89 Å². The van der Waals surface area contributed by atoms with Crippen molar-refractivity contribution < 1.29 is 23.6 Å². The molecule has 0 unspecified atom stereocenters. The predicted octanol–water partition coefficient (Wildman–Crippen LogP) is 2.64. The first-order valence-corrected chi connectivity index (χ1v) is 8.28. The summed E-state index contributed by atoms with van der Waals surface area (Å²) in [5, 5.41) is 3.82. The third-order valence-electron chi connectivity index (χ3n) is 3.51. The number of esters is 1. The van der Waals surface area contributed by atoms with E-state index in [0.717, 1.165) is 19.3 Å². The molecule has 0 N–H and O–H groups in total. The number of carbonyl (C=O) groups excluding carboxylic acids is 2. The Hall–Kier alpha value is -2.12. The van der Waals surface area contributed by atoms with E-state index in [1.165, 1.54) is 0 Å². The lowest BCUT2D eigenvalue weighted by atomic mass is 10.0. The fourth-order valence-electron chi connectivity index (χ4n) is 2.54. The van der Waals surface area contributed by atoms with Gasteiger partial charge in [0.15, 0.2) is 5.82 Å². The molecule has 1 fully saturated rings. The number of likely N-dealkylation sites (tertiary alicyclic amines) is 1. The maximum atomic E-state index is 12.4.